The summed E-state index contributed by atoms with van der Waals surface area (Å²) in [5.41, 5.74) is 1.34. The fraction of sp³-hybridized carbons (Fsp3) is 0.105. The molecule has 0 atom stereocenters. The molecular formula is C19H12Br2N2O6. The average molecular weight is 524 g/mol. The van der Waals surface area contributed by atoms with Gasteiger partial charge in [0.25, 0.3) is 5.69 Å². The maximum Gasteiger partial charge on any atom is 0.363 e. The van der Waals surface area contributed by atoms with E-state index in [9.17, 15) is 19.7 Å². The van der Waals surface area contributed by atoms with E-state index < -0.39 is 16.9 Å². The zero-order valence-corrected chi connectivity index (χ0v) is 18.2. The Labute approximate surface area is 181 Å². The van der Waals surface area contributed by atoms with Crippen molar-refractivity contribution in [2.75, 3.05) is 0 Å². The first-order valence-electron chi connectivity index (χ1n) is 8.11. The Balaban J connectivity index is 1.96. The molecule has 8 nitrogen and oxygen atoms in total. The standard InChI is InChI=1S/C19H12Br2N2O6/c1-9-3-4-12(8-16(9)23(26)27)18-22-15(19(25)29-18)7-11-5-13(20)17(14(21)6-11)28-10(2)24/h3-8H,1-2H3/b15-7-. The Hall–Kier alpha value is -2.85. The van der Waals surface area contributed by atoms with E-state index in [1.54, 1.807) is 31.2 Å². The van der Waals surface area contributed by atoms with Crippen molar-refractivity contribution in [2.24, 2.45) is 4.99 Å². The number of nitro benzene ring substituents is 1. The molecule has 0 bridgehead atoms. The van der Waals surface area contributed by atoms with Gasteiger partial charge in [0.1, 0.15) is 0 Å². The third-order valence-electron chi connectivity index (χ3n) is 3.84. The summed E-state index contributed by atoms with van der Waals surface area (Å²) < 4.78 is 11.3. The molecule has 0 unspecified atom stereocenters. The summed E-state index contributed by atoms with van der Waals surface area (Å²) in [6.45, 7) is 2.90. The van der Waals surface area contributed by atoms with Crippen molar-refractivity contribution in [1.82, 2.24) is 0 Å². The minimum atomic E-state index is -0.681. The molecule has 148 valence electrons. The van der Waals surface area contributed by atoms with Gasteiger partial charge in [0, 0.05) is 24.1 Å². The Bertz CT molecular complexity index is 1100. The van der Waals surface area contributed by atoms with Gasteiger partial charge in [-0.2, -0.15) is 0 Å². The van der Waals surface area contributed by atoms with Crippen LogP contribution in [0, 0.1) is 17.0 Å². The second-order valence-electron chi connectivity index (χ2n) is 6.00. The zero-order valence-electron chi connectivity index (χ0n) is 15.1. The maximum atomic E-state index is 12.2. The van der Waals surface area contributed by atoms with Crippen molar-refractivity contribution >= 4 is 61.5 Å². The quantitative estimate of drug-likeness (QED) is 0.189. The average Bonchev–Trinajstić information content (AvgIpc) is 2.98. The first-order chi connectivity index (χ1) is 13.7. The Morgan fingerprint density at radius 2 is 1.90 bits per heavy atom. The number of ether oxygens (including phenoxy) is 2. The highest BCUT2D eigenvalue weighted by Gasteiger charge is 2.26. The second kappa shape index (κ2) is 8.26. The molecule has 0 spiro atoms. The molecular weight excluding hydrogens is 512 g/mol. The van der Waals surface area contributed by atoms with Crippen LogP contribution in [0.1, 0.15) is 23.6 Å². The van der Waals surface area contributed by atoms with Gasteiger partial charge >= 0.3 is 11.9 Å². The van der Waals surface area contributed by atoms with Gasteiger partial charge in [-0.15, -0.1) is 0 Å². The summed E-state index contributed by atoms with van der Waals surface area (Å²) in [6, 6.07) is 7.76. The molecule has 0 saturated carbocycles. The maximum absolute atomic E-state index is 12.2. The SMILES string of the molecule is CC(=O)Oc1c(Br)cc(/C=C2\N=C(c3ccc(C)c([N+](=O)[O-])c3)OC2=O)cc1Br. The molecule has 0 fully saturated rings. The highest BCUT2D eigenvalue weighted by atomic mass is 79.9. The van der Waals surface area contributed by atoms with Gasteiger partial charge < -0.3 is 9.47 Å². The molecule has 0 amide bonds. The lowest BCUT2D eigenvalue weighted by Gasteiger charge is -2.08. The van der Waals surface area contributed by atoms with E-state index in [1.807, 2.05) is 0 Å². The monoisotopic (exact) mass is 522 g/mol. The Kier molecular flexibility index (Phi) is 5.94. The number of rotatable bonds is 4. The topological polar surface area (TPSA) is 108 Å². The molecule has 1 aliphatic heterocycles. The summed E-state index contributed by atoms with van der Waals surface area (Å²) in [6.07, 6.45) is 1.49. The van der Waals surface area contributed by atoms with Crippen LogP contribution in [0.4, 0.5) is 5.69 Å². The molecule has 10 heteroatoms. The van der Waals surface area contributed by atoms with Crippen molar-refractivity contribution in [3.8, 4) is 5.75 Å². The summed E-state index contributed by atoms with van der Waals surface area (Å²) in [5.74, 6) is -0.860. The molecule has 2 aromatic carbocycles. The van der Waals surface area contributed by atoms with Crippen LogP contribution in [0.15, 0.2) is 50.0 Å². The van der Waals surface area contributed by atoms with Crippen molar-refractivity contribution < 1.29 is 24.0 Å². The first kappa shape index (κ1) is 20.9. The number of hydrogen-bond donors (Lipinski definition) is 0. The Morgan fingerprint density at radius 3 is 2.48 bits per heavy atom. The fourth-order valence-electron chi connectivity index (χ4n) is 2.53. The summed E-state index contributed by atoms with van der Waals surface area (Å²) in [4.78, 5) is 38.2. The van der Waals surface area contributed by atoms with Crippen molar-refractivity contribution in [1.29, 1.82) is 0 Å². The molecule has 2 aromatic rings. The highest BCUT2D eigenvalue weighted by molar-refractivity contribution is 9.11. The summed E-state index contributed by atoms with van der Waals surface area (Å²) in [5, 5.41) is 11.1. The summed E-state index contributed by atoms with van der Waals surface area (Å²) in [7, 11) is 0. The number of nitrogens with zero attached hydrogens (tertiary/aromatic N) is 2. The predicted molar refractivity (Wildman–Crippen MR) is 112 cm³/mol. The smallest absolute Gasteiger partial charge is 0.363 e. The number of halogens is 2. The number of benzene rings is 2. The van der Waals surface area contributed by atoms with Crippen molar-refractivity contribution in [2.45, 2.75) is 13.8 Å². The normalized spacial score (nSPS) is 14.6. The van der Waals surface area contributed by atoms with Gasteiger partial charge in [0.05, 0.1) is 13.9 Å². The third-order valence-corrected chi connectivity index (χ3v) is 5.02. The number of esters is 2. The number of aryl methyl sites for hydroxylation is 1. The molecule has 0 aromatic heterocycles. The lowest BCUT2D eigenvalue weighted by atomic mass is 10.1. The van der Waals surface area contributed by atoms with Gasteiger partial charge in [-0.05, 0) is 68.6 Å². The van der Waals surface area contributed by atoms with Crippen LogP contribution < -0.4 is 4.74 Å². The van der Waals surface area contributed by atoms with E-state index in [2.05, 4.69) is 36.9 Å². The van der Waals surface area contributed by atoms with Gasteiger partial charge in [-0.3, -0.25) is 14.9 Å². The van der Waals surface area contributed by atoms with E-state index in [1.165, 1.54) is 19.1 Å². The van der Waals surface area contributed by atoms with Crippen LogP contribution in [0.3, 0.4) is 0 Å². The van der Waals surface area contributed by atoms with Crippen LogP contribution in [0.25, 0.3) is 6.08 Å². The number of carbonyl (C=O) groups excluding carboxylic acids is 2. The van der Waals surface area contributed by atoms with E-state index in [0.717, 1.165) is 0 Å². The van der Waals surface area contributed by atoms with E-state index in [0.29, 0.717) is 31.4 Å². The molecule has 0 saturated heterocycles. The van der Waals surface area contributed by atoms with Crippen molar-refractivity contribution in [3.05, 3.63) is 71.8 Å². The van der Waals surface area contributed by atoms with Crippen LogP contribution >= 0.6 is 31.9 Å². The van der Waals surface area contributed by atoms with Gasteiger partial charge in [0.2, 0.25) is 5.90 Å². The Morgan fingerprint density at radius 1 is 1.24 bits per heavy atom. The molecule has 0 aliphatic carbocycles. The first-order valence-corrected chi connectivity index (χ1v) is 9.69. The number of aliphatic imine (C=N–C) groups is 1. The molecule has 29 heavy (non-hydrogen) atoms. The van der Waals surface area contributed by atoms with Crippen LogP contribution in [0.2, 0.25) is 0 Å². The van der Waals surface area contributed by atoms with Crippen LogP contribution in [-0.4, -0.2) is 22.8 Å². The second-order valence-corrected chi connectivity index (χ2v) is 7.71. The lowest BCUT2D eigenvalue weighted by molar-refractivity contribution is -0.385. The zero-order chi connectivity index (χ0) is 21.3. The largest absolute Gasteiger partial charge is 0.424 e. The fourth-order valence-corrected chi connectivity index (χ4v) is 3.92. The predicted octanol–water partition coefficient (Wildman–Crippen LogP) is 4.70. The highest BCUT2D eigenvalue weighted by Crippen LogP contribution is 2.36. The molecule has 0 radical (unpaired) electrons. The van der Waals surface area contributed by atoms with Gasteiger partial charge in [-0.25, -0.2) is 9.79 Å². The summed E-state index contributed by atoms with van der Waals surface area (Å²) >= 11 is 6.63. The van der Waals surface area contributed by atoms with Crippen molar-refractivity contribution in [3.63, 3.8) is 0 Å². The van der Waals surface area contributed by atoms with Gasteiger partial charge in [0.15, 0.2) is 11.4 Å². The number of hydrogen-bond acceptors (Lipinski definition) is 7. The minimum Gasteiger partial charge on any atom is -0.424 e. The van der Waals surface area contributed by atoms with Gasteiger partial charge in [-0.1, -0.05) is 6.07 Å². The minimum absolute atomic E-state index is 0.0148. The lowest BCUT2D eigenvalue weighted by Crippen LogP contribution is -2.06. The molecule has 1 aliphatic rings. The van der Waals surface area contributed by atoms with E-state index in [-0.39, 0.29) is 17.3 Å². The molecule has 1 heterocycles. The van der Waals surface area contributed by atoms with E-state index in [4.69, 9.17) is 9.47 Å². The number of nitro groups is 1. The third kappa shape index (κ3) is 4.60. The van der Waals surface area contributed by atoms with Crippen LogP contribution in [0.5, 0.6) is 5.75 Å². The van der Waals surface area contributed by atoms with Crippen LogP contribution in [-0.2, 0) is 14.3 Å². The molecule has 0 N–H and O–H groups in total. The number of carbonyl (C=O) groups is 2. The van der Waals surface area contributed by atoms with E-state index >= 15 is 0 Å². The number of cyclic esters (lactones) is 1. The molecule has 3 rings (SSSR count).